The van der Waals surface area contributed by atoms with Gasteiger partial charge in [0.25, 0.3) is 5.91 Å². The van der Waals surface area contributed by atoms with Crippen molar-refractivity contribution in [3.63, 3.8) is 0 Å². The molecule has 132 valence electrons. The van der Waals surface area contributed by atoms with Crippen LogP contribution in [0.15, 0.2) is 54.7 Å². The first-order valence-electron chi connectivity index (χ1n) is 8.41. The fourth-order valence-corrected chi connectivity index (χ4v) is 3.49. The smallest absolute Gasteiger partial charge is 0.262 e. The minimum Gasteiger partial charge on any atom is -0.477 e. The molecule has 0 saturated heterocycles. The number of hydrogen-bond acceptors (Lipinski definition) is 4. The molecule has 1 aliphatic heterocycles. The zero-order valence-corrected chi connectivity index (χ0v) is 15.0. The number of nitrogens with one attached hydrogen (secondary N) is 1. The zero-order valence-electron chi connectivity index (χ0n) is 14.3. The van der Waals surface area contributed by atoms with Gasteiger partial charge in [-0.2, -0.15) is 0 Å². The van der Waals surface area contributed by atoms with E-state index in [1.54, 1.807) is 13.2 Å². The van der Waals surface area contributed by atoms with E-state index >= 15 is 0 Å². The molecule has 1 unspecified atom stereocenters. The van der Waals surface area contributed by atoms with E-state index < -0.39 is 6.10 Å². The average molecular weight is 368 g/mol. The normalized spacial score (nSPS) is 16.1. The Morgan fingerprint density at radius 1 is 1.27 bits per heavy atom. The first-order chi connectivity index (χ1) is 12.7. The zero-order chi connectivity index (χ0) is 18.1. The van der Waals surface area contributed by atoms with Crippen LogP contribution < -0.4 is 15.0 Å². The molecule has 0 saturated carbocycles. The summed E-state index contributed by atoms with van der Waals surface area (Å²) in [6.45, 7) is 0.983. The van der Waals surface area contributed by atoms with Crippen molar-refractivity contribution in [3.8, 4) is 5.75 Å². The number of nitrogens with zero attached hydrogens (tertiary/aromatic N) is 2. The number of likely N-dealkylation sites (N-methyl/N-ethyl adjacent to an activating group) is 1. The Balaban J connectivity index is 1.76. The van der Waals surface area contributed by atoms with Crippen molar-refractivity contribution in [1.82, 2.24) is 10.3 Å². The molecular weight excluding hydrogens is 350 g/mol. The molecule has 2 heterocycles. The van der Waals surface area contributed by atoms with Crippen molar-refractivity contribution < 1.29 is 9.53 Å². The van der Waals surface area contributed by atoms with Crippen LogP contribution in [0.3, 0.4) is 0 Å². The van der Waals surface area contributed by atoms with Crippen LogP contribution in [0.1, 0.15) is 5.56 Å². The number of carbonyl (C=O) groups excluding carboxylic acids is 1. The molecule has 0 fully saturated rings. The fraction of sp³-hybridized carbons (Fsp3) is 0.200. The summed E-state index contributed by atoms with van der Waals surface area (Å²) in [5.41, 5.74) is 2.76. The van der Waals surface area contributed by atoms with Crippen LogP contribution in [0.5, 0.6) is 5.75 Å². The van der Waals surface area contributed by atoms with Crippen LogP contribution in [0.2, 0.25) is 5.02 Å². The summed E-state index contributed by atoms with van der Waals surface area (Å²) < 4.78 is 5.87. The summed E-state index contributed by atoms with van der Waals surface area (Å²) in [7, 11) is 1.61. The van der Waals surface area contributed by atoms with Crippen molar-refractivity contribution in [3.05, 3.63) is 65.3 Å². The topological polar surface area (TPSA) is 54.5 Å². The van der Waals surface area contributed by atoms with Gasteiger partial charge in [0.1, 0.15) is 5.75 Å². The van der Waals surface area contributed by atoms with Gasteiger partial charge in [-0.05, 0) is 24.3 Å². The summed E-state index contributed by atoms with van der Waals surface area (Å²) in [4.78, 5) is 18.8. The summed E-state index contributed by atoms with van der Waals surface area (Å²) >= 11 is 6.50. The molecule has 1 aliphatic rings. The van der Waals surface area contributed by atoms with E-state index in [1.165, 1.54) is 0 Å². The highest BCUT2D eigenvalue weighted by molar-refractivity contribution is 6.32. The molecule has 5 nitrogen and oxygen atoms in total. The van der Waals surface area contributed by atoms with Crippen molar-refractivity contribution in [2.24, 2.45) is 0 Å². The number of rotatable bonds is 3. The standard InChI is InChI=1S/C20H18ClN3O2/c1-22-20(25)18-12-24(16-6-2-3-7-17(16)26-18)11-14-15(21)9-8-13-5-4-10-23-19(13)14/h2-10,18H,11-12H2,1H3,(H,22,25). The molecule has 1 atom stereocenters. The highest BCUT2D eigenvalue weighted by Gasteiger charge is 2.30. The van der Waals surface area contributed by atoms with Crippen molar-refractivity contribution in [2.45, 2.75) is 12.6 Å². The van der Waals surface area contributed by atoms with Gasteiger partial charge in [0.05, 0.1) is 17.7 Å². The fourth-order valence-electron chi connectivity index (χ4n) is 3.28. The number of pyridine rings is 1. The molecule has 0 radical (unpaired) electrons. The van der Waals surface area contributed by atoms with Crippen LogP contribution >= 0.6 is 11.6 Å². The minimum atomic E-state index is -0.573. The monoisotopic (exact) mass is 367 g/mol. The minimum absolute atomic E-state index is 0.147. The van der Waals surface area contributed by atoms with E-state index in [0.717, 1.165) is 22.2 Å². The Morgan fingerprint density at radius 3 is 2.96 bits per heavy atom. The second kappa shape index (κ2) is 6.84. The summed E-state index contributed by atoms with van der Waals surface area (Å²) in [5, 5.41) is 4.36. The molecule has 26 heavy (non-hydrogen) atoms. The van der Waals surface area contributed by atoms with Crippen LogP contribution in [0, 0.1) is 0 Å². The van der Waals surface area contributed by atoms with Gasteiger partial charge in [0.2, 0.25) is 0 Å². The van der Waals surface area contributed by atoms with Gasteiger partial charge in [-0.15, -0.1) is 0 Å². The van der Waals surface area contributed by atoms with E-state index in [1.807, 2.05) is 48.5 Å². The van der Waals surface area contributed by atoms with Crippen molar-refractivity contribution in [1.29, 1.82) is 0 Å². The first-order valence-corrected chi connectivity index (χ1v) is 8.79. The van der Waals surface area contributed by atoms with Gasteiger partial charge in [-0.25, -0.2) is 0 Å². The van der Waals surface area contributed by atoms with Gasteiger partial charge >= 0.3 is 0 Å². The molecule has 4 rings (SSSR count). The van der Waals surface area contributed by atoms with E-state index in [-0.39, 0.29) is 5.91 Å². The summed E-state index contributed by atoms with van der Waals surface area (Å²) in [6.07, 6.45) is 1.19. The van der Waals surface area contributed by atoms with E-state index in [2.05, 4.69) is 15.2 Å². The van der Waals surface area contributed by atoms with Crippen LogP contribution in [-0.4, -0.2) is 30.6 Å². The molecule has 1 N–H and O–H groups in total. The molecule has 0 aliphatic carbocycles. The third kappa shape index (κ3) is 2.95. The molecule has 3 aromatic rings. The highest BCUT2D eigenvalue weighted by atomic mass is 35.5. The molecule has 6 heteroatoms. The van der Waals surface area contributed by atoms with Crippen molar-refractivity contribution >= 4 is 34.1 Å². The highest BCUT2D eigenvalue weighted by Crippen LogP contribution is 2.36. The van der Waals surface area contributed by atoms with Crippen molar-refractivity contribution in [2.75, 3.05) is 18.5 Å². The maximum Gasteiger partial charge on any atom is 0.262 e. The van der Waals surface area contributed by atoms with Crippen LogP contribution in [0.4, 0.5) is 5.69 Å². The van der Waals surface area contributed by atoms with Gasteiger partial charge < -0.3 is 15.0 Å². The number of amides is 1. The Hall–Kier alpha value is -2.79. The lowest BCUT2D eigenvalue weighted by Gasteiger charge is -2.35. The maximum atomic E-state index is 12.2. The maximum absolute atomic E-state index is 12.2. The number of carbonyl (C=O) groups is 1. The molecule has 2 aromatic carbocycles. The number of fused-ring (bicyclic) bond motifs is 2. The molecular formula is C20H18ClN3O2. The Bertz CT molecular complexity index is 976. The Kier molecular flexibility index (Phi) is 4.39. The summed E-state index contributed by atoms with van der Waals surface area (Å²) in [5.74, 6) is 0.545. The number of halogens is 1. The SMILES string of the molecule is CNC(=O)C1CN(Cc2c(Cl)ccc3cccnc23)c2ccccc2O1. The second-order valence-corrected chi connectivity index (χ2v) is 6.58. The number of para-hydroxylation sites is 2. The number of aromatic nitrogens is 1. The molecule has 0 spiro atoms. The third-order valence-electron chi connectivity index (χ3n) is 4.57. The molecule has 0 bridgehead atoms. The predicted molar refractivity (Wildman–Crippen MR) is 103 cm³/mol. The van der Waals surface area contributed by atoms with Gasteiger partial charge in [-0.1, -0.05) is 35.9 Å². The van der Waals surface area contributed by atoms with E-state index in [4.69, 9.17) is 16.3 Å². The quantitative estimate of drug-likeness (QED) is 0.770. The van der Waals surface area contributed by atoms with Gasteiger partial charge in [-0.3, -0.25) is 9.78 Å². The first kappa shape index (κ1) is 16.7. The van der Waals surface area contributed by atoms with Crippen LogP contribution in [0.25, 0.3) is 10.9 Å². The number of anilines is 1. The molecule has 1 aromatic heterocycles. The number of benzene rings is 2. The number of ether oxygens (including phenoxy) is 1. The third-order valence-corrected chi connectivity index (χ3v) is 4.93. The summed E-state index contributed by atoms with van der Waals surface area (Å²) in [6, 6.07) is 15.5. The van der Waals surface area contributed by atoms with Crippen LogP contribution in [-0.2, 0) is 11.3 Å². The lowest BCUT2D eigenvalue weighted by molar-refractivity contribution is -0.127. The lowest BCUT2D eigenvalue weighted by atomic mass is 10.1. The second-order valence-electron chi connectivity index (χ2n) is 6.17. The van der Waals surface area contributed by atoms with Gasteiger partial charge in [0.15, 0.2) is 6.10 Å². The predicted octanol–water partition coefficient (Wildman–Crippen LogP) is 3.40. The van der Waals surface area contributed by atoms with E-state index in [9.17, 15) is 4.79 Å². The largest absolute Gasteiger partial charge is 0.477 e. The number of hydrogen-bond donors (Lipinski definition) is 1. The average Bonchev–Trinajstić information content (AvgIpc) is 2.69. The Labute approximate surface area is 156 Å². The Morgan fingerprint density at radius 2 is 2.12 bits per heavy atom. The van der Waals surface area contributed by atoms with E-state index in [0.29, 0.717) is 23.9 Å². The van der Waals surface area contributed by atoms with Gasteiger partial charge in [0, 0.05) is 35.8 Å². The lowest BCUT2D eigenvalue weighted by Crippen LogP contribution is -2.48. The molecule has 1 amide bonds.